The molecule has 3 heteroatoms. The molecule has 0 saturated carbocycles. The zero-order chi connectivity index (χ0) is 9.68. The van der Waals surface area contributed by atoms with Gasteiger partial charge in [-0.25, -0.2) is 9.98 Å². The van der Waals surface area contributed by atoms with Gasteiger partial charge in [0.05, 0.1) is 11.4 Å². The summed E-state index contributed by atoms with van der Waals surface area (Å²) < 4.78 is 0. The Kier molecular flexibility index (Phi) is 3.31. The number of hydrogen-bond acceptors (Lipinski definition) is 2. The van der Waals surface area contributed by atoms with Crippen LogP contribution in [0.2, 0.25) is 0 Å². The van der Waals surface area contributed by atoms with Crippen molar-refractivity contribution in [2.45, 2.75) is 20.3 Å². The van der Waals surface area contributed by atoms with Crippen molar-refractivity contribution in [1.82, 2.24) is 4.98 Å². The zero-order valence-corrected chi connectivity index (χ0v) is 7.99. The average Bonchev–Trinajstić information content (AvgIpc) is 2.17. The van der Waals surface area contributed by atoms with Gasteiger partial charge in [-0.15, -0.1) is 0 Å². The van der Waals surface area contributed by atoms with Crippen molar-refractivity contribution >= 4 is 18.2 Å². The predicted octanol–water partition coefficient (Wildman–Crippen LogP) is 2.53. The molecule has 0 fully saturated rings. The Labute approximate surface area is 78.3 Å². The van der Waals surface area contributed by atoms with E-state index in [4.69, 9.17) is 0 Å². The van der Waals surface area contributed by atoms with Crippen molar-refractivity contribution in [2.24, 2.45) is 9.98 Å². The third kappa shape index (κ3) is 2.47. The van der Waals surface area contributed by atoms with Crippen LogP contribution in [0.1, 0.15) is 19.0 Å². The van der Waals surface area contributed by atoms with Crippen molar-refractivity contribution in [3.63, 3.8) is 0 Å². The first-order valence-electron chi connectivity index (χ1n) is 4.23. The number of aromatic nitrogens is 1. The lowest BCUT2D eigenvalue weighted by molar-refractivity contribution is 1.17. The van der Waals surface area contributed by atoms with Crippen LogP contribution in [0.25, 0.3) is 0 Å². The molecular weight excluding hydrogens is 162 g/mol. The molecular formula is C10H13N3. The molecule has 1 heterocycles. The van der Waals surface area contributed by atoms with Gasteiger partial charge in [0.2, 0.25) is 0 Å². The second-order valence-electron chi connectivity index (χ2n) is 2.65. The van der Waals surface area contributed by atoms with Crippen LogP contribution in [-0.2, 0) is 0 Å². The summed E-state index contributed by atoms with van der Waals surface area (Å²) in [7, 11) is 0. The molecule has 3 nitrogen and oxygen atoms in total. The quantitative estimate of drug-likeness (QED) is 0.502. The molecule has 0 aliphatic carbocycles. The maximum absolute atomic E-state index is 4.32. The highest BCUT2D eigenvalue weighted by Gasteiger charge is 1.96. The highest BCUT2D eigenvalue weighted by molar-refractivity contribution is 5.88. The van der Waals surface area contributed by atoms with Crippen LogP contribution >= 0.6 is 0 Å². The Morgan fingerprint density at radius 3 is 2.92 bits per heavy atom. The Bertz CT molecular complexity index is 329. The number of amidine groups is 1. The molecule has 0 radical (unpaired) electrons. The smallest absolute Gasteiger partial charge is 0.128 e. The molecule has 0 aliphatic rings. The fourth-order valence-electron chi connectivity index (χ4n) is 0.959. The highest BCUT2D eigenvalue weighted by atomic mass is 14.9. The van der Waals surface area contributed by atoms with Gasteiger partial charge in [-0.3, -0.25) is 4.98 Å². The standard InChI is InChI=1S/C10H13N3/c1-4-10(11-3)13-9-6-5-7-12-8(9)2/h5-7H,3-4H2,1-2H3/b13-10-. The van der Waals surface area contributed by atoms with Gasteiger partial charge in [0.25, 0.3) is 0 Å². The van der Waals surface area contributed by atoms with Gasteiger partial charge in [-0.05, 0) is 25.8 Å². The van der Waals surface area contributed by atoms with E-state index in [0.717, 1.165) is 23.6 Å². The molecule has 0 aromatic carbocycles. The van der Waals surface area contributed by atoms with Gasteiger partial charge in [0.15, 0.2) is 0 Å². The van der Waals surface area contributed by atoms with Crippen LogP contribution < -0.4 is 0 Å². The van der Waals surface area contributed by atoms with Gasteiger partial charge >= 0.3 is 0 Å². The summed E-state index contributed by atoms with van der Waals surface area (Å²) in [6.45, 7) is 7.38. The number of aryl methyl sites for hydroxylation is 1. The maximum Gasteiger partial charge on any atom is 0.128 e. The van der Waals surface area contributed by atoms with Gasteiger partial charge in [0, 0.05) is 12.6 Å². The average molecular weight is 175 g/mol. The lowest BCUT2D eigenvalue weighted by Crippen LogP contribution is -1.90. The SMILES string of the molecule is C=N/C(CC)=N\c1cccnc1C. The molecule has 1 aromatic heterocycles. The van der Waals surface area contributed by atoms with Crippen LogP contribution in [0, 0.1) is 6.92 Å². The van der Waals surface area contributed by atoms with Crippen LogP contribution in [0.15, 0.2) is 28.3 Å². The number of pyridine rings is 1. The van der Waals surface area contributed by atoms with Crippen LogP contribution in [0.5, 0.6) is 0 Å². The van der Waals surface area contributed by atoms with Gasteiger partial charge in [0.1, 0.15) is 5.84 Å². The van der Waals surface area contributed by atoms with Crippen molar-refractivity contribution in [3.05, 3.63) is 24.0 Å². The van der Waals surface area contributed by atoms with E-state index in [2.05, 4.69) is 21.7 Å². The van der Waals surface area contributed by atoms with E-state index in [1.807, 2.05) is 26.0 Å². The fraction of sp³-hybridized carbons (Fsp3) is 0.300. The van der Waals surface area contributed by atoms with E-state index in [0.29, 0.717) is 0 Å². The Morgan fingerprint density at radius 1 is 1.62 bits per heavy atom. The summed E-state index contributed by atoms with van der Waals surface area (Å²) in [5.74, 6) is 0.746. The lowest BCUT2D eigenvalue weighted by atomic mass is 10.3. The molecule has 0 amide bonds. The second-order valence-corrected chi connectivity index (χ2v) is 2.65. The lowest BCUT2D eigenvalue weighted by Gasteiger charge is -1.99. The topological polar surface area (TPSA) is 37.6 Å². The second kappa shape index (κ2) is 4.50. The number of hydrogen-bond donors (Lipinski definition) is 0. The highest BCUT2D eigenvalue weighted by Crippen LogP contribution is 2.15. The van der Waals surface area contributed by atoms with E-state index in [9.17, 15) is 0 Å². The first kappa shape index (κ1) is 9.58. The first-order chi connectivity index (χ1) is 6.27. The van der Waals surface area contributed by atoms with Crippen molar-refractivity contribution in [1.29, 1.82) is 0 Å². The summed E-state index contributed by atoms with van der Waals surface area (Å²) in [6.07, 6.45) is 2.54. The van der Waals surface area contributed by atoms with Crippen molar-refractivity contribution in [3.8, 4) is 0 Å². The monoisotopic (exact) mass is 175 g/mol. The molecule has 13 heavy (non-hydrogen) atoms. The summed E-state index contributed by atoms with van der Waals surface area (Å²) in [6, 6.07) is 3.78. The number of rotatable bonds is 2. The molecule has 0 spiro atoms. The first-order valence-corrected chi connectivity index (χ1v) is 4.23. The van der Waals surface area contributed by atoms with E-state index in [1.165, 1.54) is 0 Å². The minimum atomic E-state index is 0.746. The fourth-order valence-corrected chi connectivity index (χ4v) is 0.959. The summed E-state index contributed by atoms with van der Waals surface area (Å²) in [5.41, 5.74) is 1.78. The van der Waals surface area contributed by atoms with E-state index >= 15 is 0 Å². The Hall–Kier alpha value is -1.51. The van der Waals surface area contributed by atoms with E-state index in [-0.39, 0.29) is 0 Å². The molecule has 1 rings (SSSR count). The Balaban J connectivity index is 3.02. The third-order valence-corrected chi connectivity index (χ3v) is 1.73. The molecule has 0 unspecified atom stereocenters. The number of aliphatic imine (C=N–C) groups is 2. The number of nitrogens with zero attached hydrogens (tertiary/aromatic N) is 3. The molecule has 68 valence electrons. The van der Waals surface area contributed by atoms with Crippen LogP contribution in [-0.4, -0.2) is 17.5 Å². The van der Waals surface area contributed by atoms with Crippen molar-refractivity contribution in [2.75, 3.05) is 0 Å². The molecule has 0 aliphatic heterocycles. The molecule has 0 N–H and O–H groups in total. The third-order valence-electron chi connectivity index (χ3n) is 1.73. The summed E-state index contributed by atoms with van der Waals surface area (Å²) in [5, 5.41) is 0. The largest absolute Gasteiger partial charge is 0.259 e. The van der Waals surface area contributed by atoms with Crippen molar-refractivity contribution < 1.29 is 0 Å². The van der Waals surface area contributed by atoms with Crippen LogP contribution in [0.4, 0.5) is 5.69 Å². The van der Waals surface area contributed by atoms with E-state index in [1.54, 1.807) is 6.20 Å². The normalized spacial score (nSPS) is 11.4. The minimum absolute atomic E-state index is 0.746. The summed E-state index contributed by atoms with van der Waals surface area (Å²) >= 11 is 0. The maximum atomic E-state index is 4.32. The zero-order valence-electron chi connectivity index (χ0n) is 7.99. The van der Waals surface area contributed by atoms with Gasteiger partial charge in [-0.2, -0.15) is 0 Å². The summed E-state index contributed by atoms with van der Waals surface area (Å²) in [4.78, 5) is 12.3. The van der Waals surface area contributed by atoms with Gasteiger partial charge in [-0.1, -0.05) is 6.92 Å². The van der Waals surface area contributed by atoms with Crippen LogP contribution in [0.3, 0.4) is 0 Å². The molecule has 0 saturated heterocycles. The molecule has 0 bridgehead atoms. The molecule has 0 atom stereocenters. The van der Waals surface area contributed by atoms with E-state index < -0.39 is 0 Å². The minimum Gasteiger partial charge on any atom is -0.259 e. The predicted molar refractivity (Wildman–Crippen MR) is 55.9 cm³/mol. The Morgan fingerprint density at radius 2 is 2.38 bits per heavy atom. The molecule has 1 aromatic rings. The van der Waals surface area contributed by atoms with Gasteiger partial charge < -0.3 is 0 Å².